The molecule has 0 aliphatic heterocycles. The predicted octanol–water partition coefficient (Wildman–Crippen LogP) is 12.4. The predicted molar refractivity (Wildman–Crippen MR) is 230 cm³/mol. The van der Waals surface area contributed by atoms with Gasteiger partial charge in [-0.1, -0.05) is 140 Å². The number of nitrogens with zero attached hydrogens (tertiary/aromatic N) is 5. The molecule has 7 heteroatoms. The fourth-order valence-electron chi connectivity index (χ4n) is 7.50. The Labute approximate surface area is 350 Å². The number of imidazole rings is 1. The van der Waals surface area contributed by atoms with Crippen molar-refractivity contribution in [1.29, 1.82) is 0 Å². The van der Waals surface area contributed by atoms with Crippen LogP contribution in [0.5, 0.6) is 5.75 Å². The first-order valence-electron chi connectivity index (χ1n) is 19.3. The van der Waals surface area contributed by atoms with Crippen LogP contribution in [0.15, 0.2) is 122 Å². The molecule has 1 N–H and O–H groups in total. The summed E-state index contributed by atoms with van der Waals surface area (Å²) in [6.07, 6.45) is 9.26. The van der Waals surface area contributed by atoms with E-state index >= 15 is 0 Å². The summed E-state index contributed by atoms with van der Waals surface area (Å²) in [6, 6.07) is 35.0. The van der Waals surface area contributed by atoms with Gasteiger partial charge in [-0.2, -0.15) is 0 Å². The van der Waals surface area contributed by atoms with Crippen LogP contribution in [0, 0.1) is 6.07 Å². The summed E-state index contributed by atoms with van der Waals surface area (Å²) in [5.41, 5.74) is 12.9. The third-order valence-corrected chi connectivity index (χ3v) is 10.7. The van der Waals surface area contributed by atoms with Crippen molar-refractivity contribution in [3.05, 3.63) is 145 Å². The number of phenolic OH excluding ortho intramolecular Hbond substituents is 1. The standard InChI is InChI=1S/C50H48N5O.Pt/c1-48(2,3)35-16-18-37(19-17-35)55-43-30-52-29-41(39-24-32(15-20-44(39)56)31-13-11-10-12-14-31)46(43)54-47(55)34-23-33(27-51-28-34)38-25-36(49(4,5)6)26-40-42(50(7,8)9)21-22-53-45(38)40;/h10-22,24-30,56H,1-9H3;/q-1;. The SMILES string of the molecule is CC(C)(C)c1ccc(-n2c(-c3[c-]c(-c4cc(C(C)(C)C)cc5c(C(C)(C)C)ccnc45)cnc3)nc3c(-c4cc(-c5ccccc5)ccc4O)cncc32)cc1.[Pt]. The van der Waals surface area contributed by atoms with E-state index in [9.17, 15) is 5.11 Å². The normalized spacial score (nSPS) is 12.2. The van der Waals surface area contributed by atoms with Gasteiger partial charge in [-0.15, -0.1) is 6.07 Å². The van der Waals surface area contributed by atoms with E-state index in [2.05, 4.69) is 128 Å². The van der Waals surface area contributed by atoms with E-state index < -0.39 is 0 Å². The van der Waals surface area contributed by atoms with Crippen molar-refractivity contribution in [3.8, 4) is 56.2 Å². The zero-order chi connectivity index (χ0) is 39.6. The van der Waals surface area contributed by atoms with Gasteiger partial charge < -0.3 is 14.7 Å². The maximum Gasteiger partial charge on any atom is 0.123 e. The first kappa shape index (κ1) is 39.8. The summed E-state index contributed by atoms with van der Waals surface area (Å²) in [7, 11) is 0. The van der Waals surface area contributed by atoms with Gasteiger partial charge in [0.05, 0.1) is 23.1 Å². The number of benzene rings is 4. The van der Waals surface area contributed by atoms with Crippen LogP contribution in [-0.2, 0) is 37.3 Å². The Morgan fingerprint density at radius 3 is 1.95 bits per heavy atom. The molecule has 4 aromatic carbocycles. The van der Waals surface area contributed by atoms with Gasteiger partial charge in [-0.25, -0.2) is 0 Å². The number of phenols is 1. The number of rotatable bonds is 5. The second-order valence-corrected chi connectivity index (χ2v) is 17.9. The molecule has 290 valence electrons. The molecule has 57 heavy (non-hydrogen) atoms. The van der Waals surface area contributed by atoms with Gasteiger partial charge >= 0.3 is 0 Å². The summed E-state index contributed by atoms with van der Waals surface area (Å²) in [5.74, 6) is 0.831. The van der Waals surface area contributed by atoms with E-state index in [-0.39, 0.29) is 43.1 Å². The van der Waals surface area contributed by atoms with Crippen molar-refractivity contribution < 1.29 is 26.2 Å². The summed E-state index contributed by atoms with van der Waals surface area (Å²) < 4.78 is 2.13. The Hall–Kier alpha value is -5.45. The maximum absolute atomic E-state index is 11.3. The minimum Gasteiger partial charge on any atom is -0.507 e. The van der Waals surface area contributed by atoms with Gasteiger partial charge in [0.25, 0.3) is 0 Å². The van der Waals surface area contributed by atoms with Gasteiger partial charge in [-0.3, -0.25) is 15.0 Å². The molecular weight excluding hydrogens is 882 g/mol. The average Bonchev–Trinajstić information content (AvgIpc) is 3.57. The molecule has 0 atom stereocenters. The summed E-state index contributed by atoms with van der Waals surface area (Å²) in [5, 5.41) is 12.5. The zero-order valence-electron chi connectivity index (χ0n) is 34.0. The fourth-order valence-corrected chi connectivity index (χ4v) is 7.50. The molecule has 0 saturated carbocycles. The Morgan fingerprint density at radius 2 is 1.26 bits per heavy atom. The quantitative estimate of drug-likeness (QED) is 0.174. The topological polar surface area (TPSA) is 76.7 Å². The first-order chi connectivity index (χ1) is 26.6. The van der Waals surface area contributed by atoms with Gasteiger partial charge in [0.15, 0.2) is 0 Å². The molecule has 0 saturated heterocycles. The fraction of sp³-hybridized carbons (Fsp3) is 0.240. The molecule has 8 rings (SSSR count). The summed E-state index contributed by atoms with van der Waals surface area (Å²) in [6.45, 7) is 20.1. The van der Waals surface area contributed by atoms with E-state index in [0.717, 1.165) is 55.5 Å². The van der Waals surface area contributed by atoms with Crippen LogP contribution >= 0.6 is 0 Å². The number of aromatic hydroxyl groups is 1. The van der Waals surface area contributed by atoms with Crippen LogP contribution < -0.4 is 0 Å². The van der Waals surface area contributed by atoms with Crippen LogP contribution in [0.25, 0.3) is 72.4 Å². The molecule has 0 aliphatic rings. The van der Waals surface area contributed by atoms with Crippen molar-refractivity contribution in [1.82, 2.24) is 24.5 Å². The van der Waals surface area contributed by atoms with Crippen LogP contribution in [0.3, 0.4) is 0 Å². The Kier molecular flexibility index (Phi) is 10.3. The molecule has 0 unspecified atom stereocenters. The maximum atomic E-state index is 11.3. The number of pyridine rings is 3. The largest absolute Gasteiger partial charge is 0.507 e. The summed E-state index contributed by atoms with van der Waals surface area (Å²) >= 11 is 0. The molecule has 8 aromatic rings. The Bertz CT molecular complexity index is 2750. The van der Waals surface area contributed by atoms with E-state index in [0.29, 0.717) is 16.9 Å². The molecular formula is C50H48N5OPt-. The molecule has 4 aromatic heterocycles. The number of hydrogen-bond acceptors (Lipinski definition) is 5. The number of hydrogen-bond donors (Lipinski definition) is 1. The second-order valence-electron chi connectivity index (χ2n) is 17.9. The minimum atomic E-state index is -0.0983. The molecule has 0 fully saturated rings. The van der Waals surface area contributed by atoms with E-state index in [4.69, 9.17) is 19.9 Å². The van der Waals surface area contributed by atoms with Crippen molar-refractivity contribution in [2.45, 2.75) is 78.6 Å². The smallest absolute Gasteiger partial charge is 0.123 e. The van der Waals surface area contributed by atoms with Gasteiger partial charge in [0.1, 0.15) is 5.75 Å². The van der Waals surface area contributed by atoms with Crippen molar-refractivity contribution >= 4 is 21.9 Å². The molecule has 0 spiro atoms. The van der Waals surface area contributed by atoms with Crippen molar-refractivity contribution in [2.24, 2.45) is 0 Å². The van der Waals surface area contributed by atoms with E-state index in [1.165, 1.54) is 16.7 Å². The first-order valence-corrected chi connectivity index (χ1v) is 19.3. The Balaban J connectivity index is 0.00000496. The van der Waals surface area contributed by atoms with Gasteiger partial charge in [0, 0.05) is 55.8 Å². The van der Waals surface area contributed by atoms with Gasteiger partial charge in [-0.05, 0) is 92.2 Å². The van der Waals surface area contributed by atoms with Gasteiger partial charge in [0.2, 0.25) is 0 Å². The monoisotopic (exact) mass is 929 g/mol. The van der Waals surface area contributed by atoms with Crippen molar-refractivity contribution in [3.63, 3.8) is 0 Å². The molecule has 0 radical (unpaired) electrons. The van der Waals surface area contributed by atoms with E-state index in [1.807, 2.05) is 55.1 Å². The molecule has 0 aliphatic carbocycles. The third-order valence-electron chi connectivity index (χ3n) is 10.7. The van der Waals surface area contributed by atoms with E-state index in [1.54, 1.807) is 12.3 Å². The molecule has 0 bridgehead atoms. The average molecular weight is 930 g/mol. The van der Waals surface area contributed by atoms with Crippen LogP contribution in [0.4, 0.5) is 0 Å². The van der Waals surface area contributed by atoms with Crippen LogP contribution in [0.2, 0.25) is 0 Å². The molecule has 4 heterocycles. The zero-order valence-corrected chi connectivity index (χ0v) is 36.3. The number of fused-ring (bicyclic) bond motifs is 2. The van der Waals surface area contributed by atoms with Crippen LogP contribution in [0.1, 0.15) is 79.0 Å². The Morgan fingerprint density at radius 1 is 0.579 bits per heavy atom. The molecule has 6 nitrogen and oxygen atoms in total. The third kappa shape index (κ3) is 7.56. The minimum absolute atomic E-state index is 0. The van der Waals surface area contributed by atoms with Crippen LogP contribution in [-0.4, -0.2) is 29.6 Å². The molecule has 0 amide bonds. The van der Waals surface area contributed by atoms with Crippen molar-refractivity contribution in [2.75, 3.05) is 0 Å². The second kappa shape index (κ2) is 14.8. The number of aromatic nitrogens is 5. The summed E-state index contributed by atoms with van der Waals surface area (Å²) in [4.78, 5) is 19.9.